The van der Waals surface area contributed by atoms with Crippen LogP contribution < -0.4 is 10.0 Å². The zero-order valence-electron chi connectivity index (χ0n) is 20.9. The SMILES string of the molecule is CCC(NC(=O)c1ccc(C)c(S(=O)(=O)Nc2cccc(C)c2C)c1)c1ccc2c(c1)CCCC2. The lowest BCUT2D eigenvalue weighted by Gasteiger charge is -2.22. The second-order valence-electron chi connectivity index (χ2n) is 9.50. The lowest BCUT2D eigenvalue weighted by molar-refractivity contribution is 0.0935. The average Bonchev–Trinajstić information content (AvgIpc) is 2.85. The fraction of sp³-hybridized carbons (Fsp3) is 0.345. The Bertz CT molecular complexity index is 1360. The summed E-state index contributed by atoms with van der Waals surface area (Å²) in [6.45, 7) is 7.61. The molecule has 35 heavy (non-hydrogen) atoms. The van der Waals surface area contributed by atoms with Crippen molar-refractivity contribution >= 4 is 21.6 Å². The standard InChI is InChI=1S/C29H34N2O3S/c1-5-26(24-16-15-22-10-6-7-11-23(22)17-24)30-29(32)25-14-13-20(3)28(18-25)35(33,34)31-27-12-8-9-19(2)21(27)4/h8-9,12-18,26,31H,5-7,10-11H2,1-4H3,(H,30,32). The number of fused-ring (bicyclic) bond motifs is 1. The summed E-state index contributed by atoms with van der Waals surface area (Å²) >= 11 is 0. The van der Waals surface area contributed by atoms with E-state index in [0.29, 0.717) is 16.8 Å². The van der Waals surface area contributed by atoms with Crippen molar-refractivity contribution in [1.82, 2.24) is 5.32 Å². The highest BCUT2D eigenvalue weighted by molar-refractivity contribution is 7.92. The quantitative estimate of drug-likeness (QED) is 0.416. The van der Waals surface area contributed by atoms with Gasteiger partial charge in [-0.15, -0.1) is 0 Å². The van der Waals surface area contributed by atoms with Crippen LogP contribution >= 0.6 is 0 Å². The van der Waals surface area contributed by atoms with Crippen molar-refractivity contribution in [2.24, 2.45) is 0 Å². The summed E-state index contributed by atoms with van der Waals surface area (Å²) in [7, 11) is -3.87. The molecule has 1 amide bonds. The van der Waals surface area contributed by atoms with Crippen molar-refractivity contribution < 1.29 is 13.2 Å². The Hall–Kier alpha value is -3.12. The van der Waals surface area contributed by atoms with E-state index in [1.54, 1.807) is 25.1 Å². The first-order valence-electron chi connectivity index (χ1n) is 12.3. The van der Waals surface area contributed by atoms with Crippen LogP contribution in [0, 0.1) is 20.8 Å². The van der Waals surface area contributed by atoms with Gasteiger partial charge in [0.2, 0.25) is 0 Å². The number of rotatable bonds is 7. The molecule has 0 saturated carbocycles. The number of aryl methyl sites for hydroxylation is 4. The molecule has 0 heterocycles. The summed E-state index contributed by atoms with van der Waals surface area (Å²) in [4.78, 5) is 13.3. The lowest BCUT2D eigenvalue weighted by atomic mass is 9.88. The highest BCUT2D eigenvalue weighted by Crippen LogP contribution is 2.27. The van der Waals surface area contributed by atoms with E-state index in [2.05, 4.69) is 28.2 Å². The van der Waals surface area contributed by atoms with Gasteiger partial charge in [-0.25, -0.2) is 8.42 Å². The van der Waals surface area contributed by atoms with Crippen molar-refractivity contribution in [2.75, 3.05) is 4.72 Å². The lowest BCUT2D eigenvalue weighted by Crippen LogP contribution is -2.28. The van der Waals surface area contributed by atoms with Crippen LogP contribution in [0.1, 0.15) is 76.0 Å². The molecular weight excluding hydrogens is 456 g/mol. The molecule has 0 aromatic heterocycles. The van der Waals surface area contributed by atoms with Gasteiger partial charge < -0.3 is 5.32 Å². The van der Waals surface area contributed by atoms with Crippen LogP contribution in [0.2, 0.25) is 0 Å². The largest absolute Gasteiger partial charge is 0.345 e. The molecule has 4 rings (SSSR count). The monoisotopic (exact) mass is 490 g/mol. The zero-order chi connectivity index (χ0) is 25.2. The smallest absolute Gasteiger partial charge is 0.262 e. The Labute approximate surface area is 209 Å². The first-order chi connectivity index (χ1) is 16.7. The van der Waals surface area contributed by atoms with E-state index in [9.17, 15) is 13.2 Å². The van der Waals surface area contributed by atoms with Crippen LogP contribution in [0.25, 0.3) is 0 Å². The Balaban J connectivity index is 1.57. The first kappa shape index (κ1) is 25.0. The van der Waals surface area contributed by atoms with E-state index in [-0.39, 0.29) is 16.8 Å². The molecular formula is C29H34N2O3S. The van der Waals surface area contributed by atoms with E-state index in [1.807, 2.05) is 32.9 Å². The zero-order valence-corrected chi connectivity index (χ0v) is 21.8. The van der Waals surface area contributed by atoms with Crippen LogP contribution in [-0.4, -0.2) is 14.3 Å². The molecule has 184 valence electrons. The van der Waals surface area contributed by atoms with Crippen LogP contribution in [-0.2, 0) is 22.9 Å². The highest BCUT2D eigenvalue weighted by atomic mass is 32.2. The summed E-state index contributed by atoms with van der Waals surface area (Å²) in [5.41, 5.74) is 7.21. The van der Waals surface area contributed by atoms with E-state index >= 15 is 0 Å². The second kappa shape index (κ2) is 10.2. The molecule has 1 atom stereocenters. The highest BCUT2D eigenvalue weighted by Gasteiger charge is 2.22. The number of carbonyl (C=O) groups is 1. The molecule has 3 aromatic rings. The predicted molar refractivity (Wildman–Crippen MR) is 141 cm³/mol. The van der Waals surface area contributed by atoms with Crippen molar-refractivity contribution in [3.05, 3.63) is 93.5 Å². The summed E-state index contributed by atoms with van der Waals surface area (Å²) in [6, 6.07) is 16.7. The van der Waals surface area contributed by atoms with Gasteiger partial charge in [0.25, 0.3) is 15.9 Å². The molecule has 0 bridgehead atoms. The maximum Gasteiger partial charge on any atom is 0.262 e. The van der Waals surface area contributed by atoms with E-state index < -0.39 is 10.0 Å². The van der Waals surface area contributed by atoms with Gasteiger partial charge in [-0.2, -0.15) is 0 Å². The number of carbonyl (C=O) groups excluding carboxylic acids is 1. The number of anilines is 1. The third kappa shape index (κ3) is 5.43. The van der Waals surface area contributed by atoms with Gasteiger partial charge in [-0.3, -0.25) is 9.52 Å². The third-order valence-corrected chi connectivity index (χ3v) is 8.58. The summed E-state index contributed by atoms with van der Waals surface area (Å²) < 4.78 is 29.2. The third-order valence-electron chi connectivity index (χ3n) is 7.08. The topological polar surface area (TPSA) is 75.3 Å². The van der Waals surface area contributed by atoms with Gasteiger partial charge in [-0.1, -0.05) is 43.3 Å². The maximum absolute atomic E-state index is 13.3. The minimum absolute atomic E-state index is 0.105. The molecule has 0 fully saturated rings. The van der Waals surface area contributed by atoms with Crippen LogP contribution in [0.15, 0.2) is 59.5 Å². The minimum atomic E-state index is -3.87. The second-order valence-corrected chi connectivity index (χ2v) is 11.2. The predicted octanol–water partition coefficient (Wildman–Crippen LogP) is 6.17. The molecule has 2 N–H and O–H groups in total. The number of hydrogen-bond donors (Lipinski definition) is 2. The fourth-order valence-corrected chi connectivity index (χ4v) is 6.12. The van der Waals surface area contributed by atoms with Gasteiger partial charge >= 0.3 is 0 Å². The number of sulfonamides is 1. The van der Waals surface area contributed by atoms with Gasteiger partial charge in [0, 0.05) is 5.56 Å². The van der Waals surface area contributed by atoms with E-state index in [4.69, 9.17) is 0 Å². The first-order valence-corrected chi connectivity index (χ1v) is 13.8. The molecule has 0 spiro atoms. The van der Waals surface area contributed by atoms with Crippen molar-refractivity contribution in [3.63, 3.8) is 0 Å². The summed E-state index contributed by atoms with van der Waals surface area (Å²) in [5, 5.41) is 3.12. The molecule has 5 nitrogen and oxygen atoms in total. The molecule has 0 saturated heterocycles. The average molecular weight is 491 g/mol. The number of nitrogens with one attached hydrogen (secondary N) is 2. The van der Waals surface area contributed by atoms with Crippen molar-refractivity contribution in [3.8, 4) is 0 Å². The molecule has 1 unspecified atom stereocenters. The number of hydrogen-bond acceptors (Lipinski definition) is 3. The van der Waals surface area contributed by atoms with Crippen LogP contribution in [0.5, 0.6) is 0 Å². The van der Waals surface area contributed by atoms with Crippen molar-refractivity contribution in [2.45, 2.75) is 70.7 Å². The van der Waals surface area contributed by atoms with Gasteiger partial charge in [0.15, 0.2) is 0 Å². The van der Waals surface area contributed by atoms with E-state index in [0.717, 1.165) is 36.0 Å². The summed E-state index contributed by atoms with van der Waals surface area (Å²) in [6.07, 6.45) is 5.39. The fourth-order valence-electron chi connectivity index (χ4n) is 4.73. The number of benzene rings is 3. The summed E-state index contributed by atoms with van der Waals surface area (Å²) in [5.74, 6) is -0.280. The molecule has 6 heteroatoms. The molecule has 1 aliphatic rings. The number of amides is 1. The Morgan fingerprint density at radius 1 is 0.914 bits per heavy atom. The van der Waals surface area contributed by atoms with Crippen LogP contribution in [0.3, 0.4) is 0 Å². The molecule has 0 aliphatic heterocycles. The molecule has 0 radical (unpaired) electrons. The van der Waals surface area contributed by atoms with Gasteiger partial charge in [-0.05, 0) is 104 Å². The Morgan fingerprint density at radius 3 is 2.40 bits per heavy atom. The van der Waals surface area contributed by atoms with E-state index in [1.165, 1.54) is 30.0 Å². The van der Waals surface area contributed by atoms with Gasteiger partial charge in [0.1, 0.15) is 0 Å². The van der Waals surface area contributed by atoms with Crippen LogP contribution in [0.4, 0.5) is 5.69 Å². The normalized spacial score (nSPS) is 14.2. The van der Waals surface area contributed by atoms with Gasteiger partial charge in [0.05, 0.1) is 16.6 Å². The Kier molecular flexibility index (Phi) is 7.31. The molecule has 3 aromatic carbocycles. The molecule has 1 aliphatic carbocycles. The maximum atomic E-state index is 13.3. The minimum Gasteiger partial charge on any atom is -0.345 e. The van der Waals surface area contributed by atoms with Crippen molar-refractivity contribution in [1.29, 1.82) is 0 Å². The Morgan fingerprint density at radius 2 is 1.66 bits per heavy atom.